The minimum atomic E-state index is -0.561. The van der Waals surface area contributed by atoms with Crippen LogP contribution in [-0.4, -0.2) is 35.9 Å². The topological polar surface area (TPSA) is 58.6 Å². The predicted octanol–water partition coefficient (Wildman–Crippen LogP) is 4.59. The number of aryl methyl sites for hydroxylation is 3. The molecule has 0 aliphatic heterocycles. The molecule has 0 saturated heterocycles. The molecule has 0 aliphatic rings. The molecular weight excluding hydrogens is 400 g/mol. The molecule has 5 nitrogen and oxygen atoms in total. The van der Waals surface area contributed by atoms with E-state index in [0.29, 0.717) is 30.3 Å². The summed E-state index contributed by atoms with van der Waals surface area (Å²) in [7, 11) is 0. The lowest BCUT2D eigenvalue weighted by atomic mass is 10.1. The summed E-state index contributed by atoms with van der Waals surface area (Å²) in [6.07, 6.45) is 0.516. The summed E-state index contributed by atoms with van der Waals surface area (Å²) in [5.74, 6) is 0.200. The molecule has 2 aromatic rings. The van der Waals surface area contributed by atoms with Gasteiger partial charge < -0.3 is 15.0 Å². The molecule has 2 rings (SSSR count). The fraction of sp³-hybridized carbons (Fsp3) is 0.417. The summed E-state index contributed by atoms with van der Waals surface area (Å²) in [4.78, 5) is 27.4. The standard InChI is InChI=1S/C24H31ClN2O3/c1-6-21(24(29)26-7-2)27(14-19-11-9-8-10-16(19)3)22(28)15-30-20-12-17(4)23(25)18(5)13-20/h8-13,21H,6-7,14-15H2,1-5H3,(H,26,29)/t21-/m1/s1. The second kappa shape index (κ2) is 11.0. The van der Waals surface area contributed by atoms with Crippen LogP contribution < -0.4 is 10.1 Å². The quantitative estimate of drug-likeness (QED) is 0.633. The summed E-state index contributed by atoms with van der Waals surface area (Å²) >= 11 is 6.22. The zero-order chi connectivity index (χ0) is 22.3. The van der Waals surface area contributed by atoms with Gasteiger partial charge in [0.25, 0.3) is 5.91 Å². The molecule has 0 fully saturated rings. The molecule has 30 heavy (non-hydrogen) atoms. The van der Waals surface area contributed by atoms with Crippen molar-refractivity contribution in [2.45, 2.75) is 53.6 Å². The van der Waals surface area contributed by atoms with Gasteiger partial charge in [-0.15, -0.1) is 0 Å². The van der Waals surface area contributed by atoms with Gasteiger partial charge in [-0.2, -0.15) is 0 Å². The van der Waals surface area contributed by atoms with Crippen molar-refractivity contribution in [1.82, 2.24) is 10.2 Å². The second-order valence-electron chi connectivity index (χ2n) is 7.43. The van der Waals surface area contributed by atoms with Gasteiger partial charge in [0, 0.05) is 18.1 Å². The minimum Gasteiger partial charge on any atom is -0.484 e. The zero-order valence-electron chi connectivity index (χ0n) is 18.4. The van der Waals surface area contributed by atoms with E-state index in [4.69, 9.17) is 16.3 Å². The molecule has 1 atom stereocenters. The average Bonchev–Trinajstić information content (AvgIpc) is 2.71. The highest BCUT2D eigenvalue weighted by Gasteiger charge is 2.29. The minimum absolute atomic E-state index is 0.150. The lowest BCUT2D eigenvalue weighted by molar-refractivity contribution is -0.142. The van der Waals surface area contributed by atoms with Crippen LogP contribution in [-0.2, 0) is 16.1 Å². The first-order valence-corrected chi connectivity index (χ1v) is 10.7. The van der Waals surface area contributed by atoms with Crippen LogP contribution >= 0.6 is 11.6 Å². The van der Waals surface area contributed by atoms with Gasteiger partial charge in [-0.1, -0.05) is 42.8 Å². The number of hydrogen-bond donors (Lipinski definition) is 1. The molecule has 162 valence electrons. The zero-order valence-corrected chi connectivity index (χ0v) is 19.2. The van der Waals surface area contributed by atoms with E-state index in [1.807, 2.05) is 71.0 Å². The Balaban J connectivity index is 2.24. The largest absolute Gasteiger partial charge is 0.484 e. The average molecular weight is 431 g/mol. The van der Waals surface area contributed by atoms with Crippen LogP contribution in [0.1, 0.15) is 42.5 Å². The van der Waals surface area contributed by atoms with Gasteiger partial charge in [0.1, 0.15) is 11.8 Å². The lowest BCUT2D eigenvalue weighted by Gasteiger charge is -2.31. The number of rotatable bonds is 9. The third-order valence-corrected chi connectivity index (χ3v) is 5.71. The number of likely N-dealkylation sites (N-methyl/N-ethyl adjacent to an activating group) is 1. The van der Waals surface area contributed by atoms with Gasteiger partial charge in [-0.3, -0.25) is 9.59 Å². The first-order chi connectivity index (χ1) is 14.3. The van der Waals surface area contributed by atoms with Crippen molar-refractivity contribution in [1.29, 1.82) is 0 Å². The van der Waals surface area contributed by atoms with Crippen LogP contribution in [0.3, 0.4) is 0 Å². The maximum atomic E-state index is 13.2. The molecule has 0 aliphatic carbocycles. The fourth-order valence-electron chi connectivity index (χ4n) is 3.40. The van der Waals surface area contributed by atoms with Crippen LogP contribution in [0.15, 0.2) is 36.4 Å². The Morgan fingerprint density at radius 3 is 2.27 bits per heavy atom. The maximum absolute atomic E-state index is 13.2. The number of ether oxygens (including phenoxy) is 1. The number of halogens is 1. The molecule has 1 N–H and O–H groups in total. The molecule has 0 heterocycles. The van der Waals surface area contributed by atoms with E-state index in [0.717, 1.165) is 22.3 Å². The van der Waals surface area contributed by atoms with Crippen molar-refractivity contribution < 1.29 is 14.3 Å². The number of nitrogens with zero attached hydrogens (tertiary/aromatic N) is 1. The molecule has 2 aromatic carbocycles. The van der Waals surface area contributed by atoms with E-state index in [9.17, 15) is 9.59 Å². The van der Waals surface area contributed by atoms with Gasteiger partial charge in [-0.05, 0) is 68.5 Å². The van der Waals surface area contributed by atoms with Crippen molar-refractivity contribution in [3.63, 3.8) is 0 Å². The van der Waals surface area contributed by atoms with Crippen molar-refractivity contribution in [3.05, 3.63) is 63.7 Å². The number of amides is 2. The molecule has 0 bridgehead atoms. The van der Waals surface area contributed by atoms with Gasteiger partial charge in [0.05, 0.1) is 0 Å². The number of benzene rings is 2. The Labute approximate surface area is 184 Å². The summed E-state index contributed by atoms with van der Waals surface area (Å²) in [5.41, 5.74) is 3.87. The van der Waals surface area contributed by atoms with Crippen molar-refractivity contribution in [3.8, 4) is 5.75 Å². The van der Waals surface area contributed by atoms with Crippen LogP contribution in [0.4, 0.5) is 0 Å². The summed E-state index contributed by atoms with van der Waals surface area (Å²) in [5, 5.41) is 3.53. The van der Waals surface area contributed by atoms with Crippen LogP contribution in [0.25, 0.3) is 0 Å². The second-order valence-corrected chi connectivity index (χ2v) is 7.80. The molecule has 0 radical (unpaired) electrons. The van der Waals surface area contributed by atoms with E-state index in [1.54, 1.807) is 4.90 Å². The number of hydrogen-bond acceptors (Lipinski definition) is 3. The Morgan fingerprint density at radius 1 is 1.07 bits per heavy atom. The summed E-state index contributed by atoms with van der Waals surface area (Å²) < 4.78 is 5.79. The highest BCUT2D eigenvalue weighted by Crippen LogP contribution is 2.26. The Morgan fingerprint density at radius 2 is 1.70 bits per heavy atom. The van der Waals surface area contributed by atoms with Crippen LogP contribution in [0, 0.1) is 20.8 Å². The SMILES string of the molecule is CCNC(=O)[C@@H](CC)N(Cc1ccccc1C)C(=O)COc1cc(C)c(Cl)c(C)c1. The molecule has 6 heteroatoms. The first-order valence-electron chi connectivity index (χ1n) is 10.3. The maximum Gasteiger partial charge on any atom is 0.261 e. The summed E-state index contributed by atoms with van der Waals surface area (Å²) in [6, 6.07) is 10.9. The van der Waals surface area contributed by atoms with Gasteiger partial charge in [-0.25, -0.2) is 0 Å². The van der Waals surface area contributed by atoms with E-state index in [1.165, 1.54) is 0 Å². The smallest absolute Gasteiger partial charge is 0.261 e. The lowest BCUT2D eigenvalue weighted by Crippen LogP contribution is -2.50. The molecular formula is C24H31ClN2O3. The van der Waals surface area contributed by atoms with E-state index in [-0.39, 0.29) is 18.4 Å². The van der Waals surface area contributed by atoms with Gasteiger partial charge in [0.15, 0.2) is 6.61 Å². The number of carbonyl (C=O) groups is 2. The predicted molar refractivity (Wildman–Crippen MR) is 121 cm³/mol. The van der Waals surface area contributed by atoms with Crippen molar-refractivity contribution in [2.24, 2.45) is 0 Å². The van der Waals surface area contributed by atoms with Crippen molar-refractivity contribution >= 4 is 23.4 Å². The van der Waals surface area contributed by atoms with Crippen LogP contribution in [0.2, 0.25) is 5.02 Å². The monoisotopic (exact) mass is 430 g/mol. The summed E-state index contributed by atoms with van der Waals surface area (Å²) in [6.45, 7) is 10.3. The molecule has 2 amide bonds. The van der Waals surface area contributed by atoms with E-state index < -0.39 is 6.04 Å². The third kappa shape index (κ3) is 5.99. The Hall–Kier alpha value is -2.53. The number of carbonyl (C=O) groups excluding carboxylic acids is 2. The molecule has 0 unspecified atom stereocenters. The third-order valence-electron chi connectivity index (χ3n) is 5.11. The van der Waals surface area contributed by atoms with E-state index >= 15 is 0 Å². The Bertz CT molecular complexity index is 875. The number of nitrogens with one attached hydrogen (secondary N) is 1. The van der Waals surface area contributed by atoms with Crippen molar-refractivity contribution in [2.75, 3.05) is 13.2 Å². The van der Waals surface area contributed by atoms with Gasteiger partial charge in [0.2, 0.25) is 5.91 Å². The first kappa shape index (κ1) is 23.7. The normalized spacial score (nSPS) is 11.7. The van der Waals surface area contributed by atoms with Crippen LogP contribution in [0.5, 0.6) is 5.75 Å². The molecule has 0 aromatic heterocycles. The van der Waals surface area contributed by atoms with E-state index in [2.05, 4.69) is 5.32 Å². The highest BCUT2D eigenvalue weighted by molar-refractivity contribution is 6.32. The molecule has 0 saturated carbocycles. The van der Waals surface area contributed by atoms with Gasteiger partial charge >= 0.3 is 0 Å². The highest BCUT2D eigenvalue weighted by atomic mass is 35.5. The molecule has 0 spiro atoms. The fourth-order valence-corrected chi connectivity index (χ4v) is 3.51. The Kier molecular flexibility index (Phi) is 8.72.